The lowest BCUT2D eigenvalue weighted by Crippen LogP contribution is -2.48. The second-order valence-electron chi connectivity index (χ2n) is 6.70. The molecule has 1 amide bonds. The van der Waals surface area contributed by atoms with E-state index in [2.05, 4.69) is 9.88 Å². The summed E-state index contributed by atoms with van der Waals surface area (Å²) in [5.74, 6) is -0.236. The lowest BCUT2D eigenvalue weighted by molar-refractivity contribution is 0.0622. The van der Waals surface area contributed by atoms with Crippen molar-refractivity contribution < 1.29 is 9.18 Å². The zero-order valence-electron chi connectivity index (χ0n) is 15.1. The normalized spacial score (nSPS) is 15.0. The van der Waals surface area contributed by atoms with Crippen LogP contribution in [0.4, 0.5) is 4.39 Å². The first-order chi connectivity index (χ1) is 13.6. The fraction of sp³-hybridized carbons (Fsp3) is 0.238. The number of hydrogen-bond acceptors (Lipinski definition) is 4. The third kappa shape index (κ3) is 4.24. The molecule has 1 fully saturated rings. The van der Waals surface area contributed by atoms with E-state index in [9.17, 15) is 9.18 Å². The molecule has 4 rings (SSSR count). The van der Waals surface area contributed by atoms with Gasteiger partial charge in [-0.2, -0.15) is 0 Å². The number of carbonyl (C=O) groups is 1. The number of rotatable bonds is 4. The first-order valence-corrected chi connectivity index (χ1v) is 10.3. The Balaban J connectivity index is 1.36. The van der Waals surface area contributed by atoms with Gasteiger partial charge in [-0.05, 0) is 18.2 Å². The lowest BCUT2D eigenvalue weighted by atomic mass is 10.2. The number of nitrogens with zero attached hydrogens (tertiary/aromatic N) is 3. The quantitative estimate of drug-likeness (QED) is 0.626. The standard InChI is InChI=1S/C21H19ClFN3OS/c22-17-7-5-15(6-8-17)20-24-19(14-28-20)21(27)26-11-9-25(10-12-26)13-16-3-1-2-4-18(16)23/h1-8,14H,9-13H2. The monoisotopic (exact) mass is 415 g/mol. The van der Waals surface area contributed by atoms with Crippen LogP contribution in [0, 0.1) is 5.82 Å². The van der Waals surface area contributed by atoms with Gasteiger partial charge in [-0.3, -0.25) is 9.69 Å². The van der Waals surface area contributed by atoms with E-state index in [1.165, 1.54) is 17.4 Å². The van der Waals surface area contributed by atoms with Crippen molar-refractivity contribution in [2.75, 3.05) is 26.2 Å². The Morgan fingerprint density at radius 3 is 2.50 bits per heavy atom. The third-order valence-electron chi connectivity index (χ3n) is 4.83. The van der Waals surface area contributed by atoms with E-state index >= 15 is 0 Å². The van der Waals surface area contributed by atoms with Crippen LogP contribution in [0.15, 0.2) is 53.9 Å². The lowest BCUT2D eigenvalue weighted by Gasteiger charge is -2.34. The van der Waals surface area contributed by atoms with Crippen molar-refractivity contribution in [2.45, 2.75) is 6.54 Å². The first kappa shape index (κ1) is 19.1. The van der Waals surface area contributed by atoms with Crippen LogP contribution in [-0.2, 0) is 6.54 Å². The van der Waals surface area contributed by atoms with Crippen LogP contribution in [0.1, 0.15) is 16.1 Å². The molecule has 0 N–H and O–H groups in total. The number of piperazine rings is 1. The van der Waals surface area contributed by atoms with E-state index in [0.29, 0.717) is 49.0 Å². The minimum absolute atomic E-state index is 0.0537. The molecule has 144 valence electrons. The summed E-state index contributed by atoms with van der Waals surface area (Å²) in [6.07, 6.45) is 0. The number of carbonyl (C=O) groups excluding carboxylic acids is 1. The number of amides is 1. The van der Waals surface area contributed by atoms with Crippen LogP contribution in [-0.4, -0.2) is 46.9 Å². The van der Waals surface area contributed by atoms with E-state index in [4.69, 9.17) is 11.6 Å². The van der Waals surface area contributed by atoms with Gasteiger partial charge in [0.05, 0.1) is 0 Å². The Morgan fingerprint density at radius 1 is 1.07 bits per heavy atom. The van der Waals surface area contributed by atoms with Gasteiger partial charge in [-0.25, -0.2) is 9.37 Å². The molecule has 4 nitrogen and oxygen atoms in total. The summed E-state index contributed by atoms with van der Waals surface area (Å²) < 4.78 is 13.8. The summed E-state index contributed by atoms with van der Waals surface area (Å²) >= 11 is 7.38. The van der Waals surface area contributed by atoms with Crippen LogP contribution < -0.4 is 0 Å². The molecule has 1 saturated heterocycles. The van der Waals surface area contributed by atoms with Gasteiger partial charge in [0.25, 0.3) is 5.91 Å². The highest BCUT2D eigenvalue weighted by atomic mass is 35.5. The maximum absolute atomic E-state index is 13.8. The average Bonchev–Trinajstić information content (AvgIpc) is 3.20. The molecular weight excluding hydrogens is 397 g/mol. The van der Waals surface area contributed by atoms with Crippen LogP contribution >= 0.6 is 22.9 Å². The van der Waals surface area contributed by atoms with Crippen LogP contribution in [0.25, 0.3) is 10.6 Å². The Bertz CT molecular complexity index is 968. The Morgan fingerprint density at radius 2 is 1.79 bits per heavy atom. The van der Waals surface area contributed by atoms with Crippen LogP contribution in [0.5, 0.6) is 0 Å². The SMILES string of the molecule is O=C(c1csc(-c2ccc(Cl)cc2)n1)N1CCN(Cc2ccccc2F)CC1. The molecular formula is C21H19ClFN3OS. The molecule has 1 aliphatic heterocycles. The fourth-order valence-electron chi connectivity index (χ4n) is 3.24. The Labute approximate surface area is 172 Å². The summed E-state index contributed by atoms with van der Waals surface area (Å²) in [5.41, 5.74) is 2.11. The highest BCUT2D eigenvalue weighted by molar-refractivity contribution is 7.13. The van der Waals surface area contributed by atoms with E-state index < -0.39 is 0 Å². The molecule has 28 heavy (non-hydrogen) atoms. The Kier molecular flexibility index (Phi) is 5.71. The smallest absolute Gasteiger partial charge is 0.273 e. The second kappa shape index (κ2) is 8.39. The molecule has 7 heteroatoms. The zero-order chi connectivity index (χ0) is 19.5. The Hall–Kier alpha value is -2.28. The number of halogens is 2. The second-order valence-corrected chi connectivity index (χ2v) is 8.00. The number of hydrogen-bond donors (Lipinski definition) is 0. The van der Waals surface area contributed by atoms with Gasteiger partial charge in [0.1, 0.15) is 16.5 Å². The molecule has 2 heterocycles. The van der Waals surface area contributed by atoms with E-state index in [-0.39, 0.29) is 11.7 Å². The molecule has 0 saturated carbocycles. The van der Waals surface area contributed by atoms with Gasteiger partial charge in [-0.15, -0.1) is 11.3 Å². The van der Waals surface area contributed by atoms with Crippen LogP contribution in [0.3, 0.4) is 0 Å². The number of thiazole rings is 1. The van der Waals surface area contributed by atoms with Crippen molar-refractivity contribution in [3.63, 3.8) is 0 Å². The van der Waals surface area contributed by atoms with Gasteiger partial charge in [-0.1, -0.05) is 41.9 Å². The maximum atomic E-state index is 13.8. The minimum Gasteiger partial charge on any atom is -0.335 e. The van der Waals surface area contributed by atoms with Gasteiger partial charge in [0.15, 0.2) is 0 Å². The number of aromatic nitrogens is 1. The molecule has 1 aromatic heterocycles. The molecule has 1 aliphatic rings. The predicted octanol–water partition coefficient (Wildman–Crippen LogP) is 4.56. The first-order valence-electron chi connectivity index (χ1n) is 9.06. The summed E-state index contributed by atoms with van der Waals surface area (Å²) in [5, 5.41) is 3.28. The van der Waals surface area contributed by atoms with Gasteiger partial charge in [0.2, 0.25) is 0 Å². The topological polar surface area (TPSA) is 36.4 Å². The van der Waals surface area contributed by atoms with Crippen molar-refractivity contribution in [1.82, 2.24) is 14.8 Å². The van der Waals surface area contributed by atoms with Gasteiger partial charge >= 0.3 is 0 Å². The maximum Gasteiger partial charge on any atom is 0.273 e. The van der Waals surface area contributed by atoms with Crippen LogP contribution in [0.2, 0.25) is 5.02 Å². The van der Waals surface area contributed by atoms with E-state index in [1.54, 1.807) is 17.5 Å². The number of benzene rings is 2. The largest absolute Gasteiger partial charge is 0.335 e. The van der Waals surface area contributed by atoms with E-state index in [1.807, 2.05) is 35.2 Å². The third-order valence-corrected chi connectivity index (χ3v) is 5.97. The molecule has 0 spiro atoms. The molecule has 0 radical (unpaired) electrons. The predicted molar refractivity (Wildman–Crippen MR) is 110 cm³/mol. The van der Waals surface area contributed by atoms with Gasteiger partial charge in [0, 0.05) is 54.3 Å². The fourth-order valence-corrected chi connectivity index (χ4v) is 4.16. The highest BCUT2D eigenvalue weighted by Gasteiger charge is 2.24. The summed E-state index contributed by atoms with van der Waals surface area (Å²) in [6.45, 7) is 3.22. The molecule has 0 unspecified atom stereocenters. The molecule has 0 atom stereocenters. The summed E-state index contributed by atoms with van der Waals surface area (Å²) in [7, 11) is 0. The molecule has 0 aliphatic carbocycles. The van der Waals surface area contributed by atoms with Crippen molar-refractivity contribution in [2.24, 2.45) is 0 Å². The van der Waals surface area contributed by atoms with Crippen molar-refractivity contribution in [3.05, 3.63) is 76.0 Å². The van der Waals surface area contributed by atoms with Crippen molar-refractivity contribution in [3.8, 4) is 10.6 Å². The zero-order valence-corrected chi connectivity index (χ0v) is 16.7. The molecule has 0 bridgehead atoms. The van der Waals surface area contributed by atoms with Crippen molar-refractivity contribution in [1.29, 1.82) is 0 Å². The van der Waals surface area contributed by atoms with Crippen molar-refractivity contribution >= 4 is 28.8 Å². The molecule has 3 aromatic rings. The van der Waals surface area contributed by atoms with E-state index in [0.717, 1.165) is 10.6 Å². The highest BCUT2D eigenvalue weighted by Crippen LogP contribution is 2.26. The summed E-state index contributed by atoms with van der Waals surface area (Å²) in [4.78, 5) is 21.3. The van der Waals surface area contributed by atoms with Gasteiger partial charge < -0.3 is 4.90 Å². The molecule has 2 aromatic carbocycles. The minimum atomic E-state index is -0.182. The summed E-state index contributed by atoms with van der Waals surface area (Å²) in [6, 6.07) is 14.3. The average molecular weight is 416 g/mol.